The smallest absolute Gasteiger partial charge is 0.288 e. The van der Waals surface area contributed by atoms with Gasteiger partial charge in [-0.15, -0.1) is 11.3 Å². The van der Waals surface area contributed by atoms with E-state index in [1.807, 2.05) is 12.3 Å². The molecule has 0 bridgehead atoms. The average molecular weight is 307 g/mol. The molecule has 0 aliphatic carbocycles. The van der Waals surface area contributed by atoms with E-state index in [2.05, 4.69) is 20.6 Å². The lowest BCUT2D eigenvalue weighted by atomic mass is 10.2. The molecule has 2 aromatic rings. The molecule has 2 aromatic heterocycles. The number of carbonyl (C=O) groups excluding carboxylic acids is 1. The van der Waals surface area contributed by atoms with Gasteiger partial charge in [0.05, 0.1) is 28.2 Å². The summed E-state index contributed by atoms with van der Waals surface area (Å²) >= 11 is 1.43. The summed E-state index contributed by atoms with van der Waals surface area (Å²) in [6.07, 6.45) is 1.12. The maximum atomic E-state index is 12.2. The van der Waals surface area contributed by atoms with Crippen LogP contribution in [0.4, 0.5) is 11.5 Å². The molecule has 110 valence electrons. The summed E-state index contributed by atoms with van der Waals surface area (Å²) in [4.78, 5) is 30.4. The molecular weight excluding hydrogens is 294 g/mol. The number of nitrogens with one attached hydrogen (secondary N) is 2. The summed E-state index contributed by atoms with van der Waals surface area (Å²) in [5, 5.41) is 18.2. The van der Waals surface area contributed by atoms with Gasteiger partial charge < -0.3 is 10.6 Å². The van der Waals surface area contributed by atoms with Crippen LogP contribution in [-0.4, -0.2) is 27.3 Å². The third-order valence-electron chi connectivity index (χ3n) is 2.59. The minimum absolute atomic E-state index is 0.140. The first-order valence-corrected chi connectivity index (χ1v) is 7.09. The monoisotopic (exact) mass is 307 g/mol. The van der Waals surface area contributed by atoms with Crippen molar-refractivity contribution in [2.75, 3.05) is 11.9 Å². The third-order valence-corrected chi connectivity index (χ3v) is 3.22. The Morgan fingerprint density at radius 3 is 2.90 bits per heavy atom. The predicted octanol–water partition coefficient (Wildman–Crippen LogP) is 1.81. The maximum absolute atomic E-state index is 12.2. The Morgan fingerprint density at radius 1 is 1.48 bits per heavy atom. The number of carbonyl (C=O) groups is 1. The molecule has 0 fully saturated rings. The van der Waals surface area contributed by atoms with E-state index in [4.69, 9.17) is 0 Å². The van der Waals surface area contributed by atoms with E-state index in [0.717, 1.165) is 11.9 Å². The highest BCUT2D eigenvalue weighted by molar-refractivity contribution is 7.07. The van der Waals surface area contributed by atoms with Gasteiger partial charge in [-0.2, -0.15) is 0 Å². The first-order valence-electron chi connectivity index (χ1n) is 6.15. The predicted molar refractivity (Wildman–Crippen MR) is 78.3 cm³/mol. The fourth-order valence-electron chi connectivity index (χ4n) is 1.63. The molecule has 0 spiro atoms. The van der Waals surface area contributed by atoms with E-state index in [-0.39, 0.29) is 17.8 Å². The highest BCUT2D eigenvalue weighted by Crippen LogP contribution is 2.19. The summed E-state index contributed by atoms with van der Waals surface area (Å²) in [5.74, 6) is -0.117. The second-order valence-corrected chi connectivity index (χ2v) is 4.76. The normalized spacial score (nSPS) is 10.1. The van der Waals surface area contributed by atoms with Crippen molar-refractivity contribution in [2.45, 2.75) is 13.5 Å². The van der Waals surface area contributed by atoms with Crippen molar-refractivity contribution >= 4 is 28.7 Å². The summed E-state index contributed by atoms with van der Waals surface area (Å²) in [5.41, 5.74) is 2.31. The number of hydrogen-bond acceptors (Lipinski definition) is 7. The van der Waals surface area contributed by atoms with Crippen molar-refractivity contribution < 1.29 is 9.72 Å². The van der Waals surface area contributed by atoms with Crippen molar-refractivity contribution in [3.8, 4) is 0 Å². The standard InChI is InChI=1S/C12H13N5O3S/c1-2-13-11-10(3-9(5-14-11)17(19)20)12(18)15-4-8-6-21-7-16-8/h3,5-7H,2,4H2,1H3,(H,13,14)(H,15,18). The minimum Gasteiger partial charge on any atom is -0.370 e. The van der Waals surface area contributed by atoms with Gasteiger partial charge in [0.25, 0.3) is 11.6 Å². The van der Waals surface area contributed by atoms with Gasteiger partial charge in [-0.05, 0) is 6.92 Å². The Morgan fingerprint density at radius 2 is 2.29 bits per heavy atom. The van der Waals surface area contributed by atoms with Crippen molar-refractivity contribution in [1.82, 2.24) is 15.3 Å². The van der Waals surface area contributed by atoms with Gasteiger partial charge >= 0.3 is 0 Å². The number of thiazole rings is 1. The number of rotatable bonds is 6. The first-order chi connectivity index (χ1) is 10.1. The third kappa shape index (κ3) is 3.72. The molecule has 0 atom stereocenters. The van der Waals surface area contributed by atoms with Crippen LogP contribution in [0.1, 0.15) is 23.0 Å². The quantitative estimate of drug-likeness (QED) is 0.622. The Labute approximate surface area is 124 Å². The van der Waals surface area contributed by atoms with Crippen molar-refractivity contribution in [1.29, 1.82) is 0 Å². The molecule has 21 heavy (non-hydrogen) atoms. The number of hydrogen-bond donors (Lipinski definition) is 2. The fraction of sp³-hybridized carbons (Fsp3) is 0.250. The number of nitrogens with zero attached hydrogens (tertiary/aromatic N) is 3. The van der Waals surface area contributed by atoms with Crippen molar-refractivity contribution in [3.05, 3.63) is 44.5 Å². The number of nitro groups is 1. The Balaban J connectivity index is 2.20. The van der Waals surface area contributed by atoms with Gasteiger partial charge in [0, 0.05) is 18.0 Å². The average Bonchev–Trinajstić information content (AvgIpc) is 2.98. The van der Waals surface area contributed by atoms with Crippen LogP contribution in [0.3, 0.4) is 0 Å². The molecule has 9 heteroatoms. The van der Waals surface area contributed by atoms with Gasteiger partial charge in [0.15, 0.2) is 0 Å². The topological polar surface area (TPSA) is 110 Å². The Hall–Kier alpha value is -2.55. The zero-order chi connectivity index (χ0) is 15.2. The molecule has 1 amide bonds. The van der Waals surface area contributed by atoms with Crippen LogP contribution in [0.25, 0.3) is 0 Å². The lowest BCUT2D eigenvalue weighted by Crippen LogP contribution is -2.24. The Bertz CT molecular complexity index is 644. The largest absolute Gasteiger partial charge is 0.370 e. The van der Waals surface area contributed by atoms with E-state index >= 15 is 0 Å². The molecule has 0 unspecified atom stereocenters. The SMILES string of the molecule is CCNc1ncc([N+](=O)[O-])cc1C(=O)NCc1cscn1. The lowest BCUT2D eigenvalue weighted by molar-refractivity contribution is -0.385. The zero-order valence-corrected chi connectivity index (χ0v) is 12.0. The second kappa shape index (κ2) is 6.75. The molecule has 0 aliphatic heterocycles. The summed E-state index contributed by atoms with van der Waals surface area (Å²) in [6.45, 7) is 2.66. The van der Waals surface area contributed by atoms with Gasteiger partial charge in [0.1, 0.15) is 12.0 Å². The van der Waals surface area contributed by atoms with Crippen LogP contribution in [0, 0.1) is 10.1 Å². The molecule has 0 radical (unpaired) electrons. The van der Waals surface area contributed by atoms with Gasteiger partial charge in [-0.1, -0.05) is 0 Å². The molecule has 0 saturated carbocycles. The van der Waals surface area contributed by atoms with Crippen LogP contribution in [0.2, 0.25) is 0 Å². The highest BCUT2D eigenvalue weighted by Gasteiger charge is 2.17. The fourth-order valence-corrected chi connectivity index (χ4v) is 2.18. The molecular formula is C12H13N5O3S. The van der Waals surface area contributed by atoms with Crippen molar-refractivity contribution in [2.24, 2.45) is 0 Å². The lowest BCUT2D eigenvalue weighted by Gasteiger charge is -2.09. The van der Waals surface area contributed by atoms with Gasteiger partial charge in [-0.3, -0.25) is 14.9 Å². The number of anilines is 1. The van der Waals surface area contributed by atoms with Crippen LogP contribution in [0.15, 0.2) is 23.2 Å². The van der Waals surface area contributed by atoms with Crippen LogP contribution < -0.4 is 10.6 Å². The van der Waals surface area contributed by atoms with E-state index in [9.17, 15) is 14.9 Å². The summed E-state index contributed by atoms with van der Waals surface area (Å²) < 4.78 is 0. The number of pyridine rings is 1. The number of amides is 1. The van der Waals surface area contributed by atoms with E-state index in [0.29, 0.717) is 12.4 Å². The van der Waals surface area contributed by atoms with Crippen LogP contribution >= 0.6 is 11.3 Å². The molecule has 0 aromatic carbocycles. The molecule has 8 nitrogen and oxygen atoms in total. The van der Waals surface area contributed by atoms with Crippen molar-refractivity contribution in [3.63, 3.8) is 0 Å². The molecule has 0 saturated heterocycles. The second-order valence-electron chi connectivity index (χ2n) is 4.04. The van der Waals surface area contributed by atoms with Gasteiger partial charge in [-0.25, -0.2) is 9.97 Å². The molecule has 2 heterocycles. The minimum atomic E-state index is -0.583. The summed E-state index contributed by atoms with van der Waals surface area (Å²) in [6, 6.07) is 1.21. The van der Waals surface area contributed by atoms with Gasteiger partial charge in [0.2, 0.25) is 0 Å². The molecule has 0 aliphatic rings. The van der Waals surface area contributed by atoms with E-state index < -0.39 is 10.8 Å². The zero-order valence-electron chi connectivity index (χ0n) is 11.2. The molecule has 2 rings (SSSR count). The summed E-state index contributed by atoms with van der Waals surface area (Å²) in [7, 11) is 0. The first kappa shape index (κ1) is 14.9. The van der Waals surface area contributed by atoms with E-state index in [1.165, 1.54) is 17.4 Å². The highest BCUT2D eigenvalue weighted by atomic mass is 32.1. The number of aromatic nitrogens is 2. The van der Waals surface area contributed by atoms with E-state index in [1.54, 1.807) is 5.51 Å². The molecule has 2 N–H and O–H groups in total. The van der Waals surface area contributed by atoms with Crippen LogP contribution in [-0.2, 0) is 6.54 Å². The van der Waals surface area contributed by atoms with Crippen LogP contribution in [0.5, 0.6) is 0 Å². The Kier molecular flexibility index (Phi) is 4.77. The maximum Gasteiger partial charge on any atom is 0.288 e.